The smallest absolute Gasteiger partial charge is 0.0419 e. The average Bonchev–Trinajstić information content (AvgIpc) is 2.38. The first-order valence-electron chi connectivity index (χ1n) is 6.60. The summed E-state index contributed by atoms with van der Waals surface area (Å²) in [5.74, 6) is 5.67. The molecule has 0 saturated carbocycles. The van der Waals surface area contributed by atoms with Crippen LogP contribution in [0.1, 0.15) is 22.4 Å². The van der Waals surface area contributed by atoms with Gasteiger partial charge in [0.15, 0.2) is 0 Å². The molecule has 0 aliphatic rings. The highest BCUT2D eigenvalue weighted by Gasteiger charge is 2.10. The largest absolute Gasteiger partial charge is 0.271 e. The fourth-order valence-electron chi connectivity index (χ4n) is 2.43. The lowest BCUT2D eigenvalue weighted by atomic mass is 9.99. The highest BCUT2D eigenvalue weighted by Crippen LogP contribution is 2.12. The second-order valence-electron chi connectivity index (χ2n) is 5.09. The van der Waals surface area contributed by atoms with Gasteiger partial charge in [-0.25, -0.2) is 0 Å². The van der Waals surface area contributed by atoms with Crippen LogP contribution in [-0.4, -0.2) is 11.0 Å². The minimum Gasteiger partial charge on any atom is -0.271 e. The standard InChI is InChI=1S/C16H21N3/c1-12-7-13(2)9-14(8-12)10-16(19-17)11-15-5-3-4-6-18-15/h3-9,16,19H,10-11,17H2,1-2H3. The van der Waals surface area contributed by atoms with Gasteiger partial charge >= 0.3 is 0 Å². The second kappa shape index (κ2) is 6.45. The summed E-state index contributed by atoms with van der Waals surface area (Å²) in [6, 6.07) is 12.8. The van der Waals surface area contributed by atoms with E-state index in [4.69, 9.17) is 5.84 Å². The van der Waals surface area contributed by atoms with Gasteiger partial charge in [-0.3, -0.25) is 16.3 Å². The highest BCUT2D eigenvalue weighted by atomic mass is 15.2. The first-order chi connectivity index (χ1) is 9.17. The number of aryl methyl sites for hydroxylation is 2. The number of nitrogens with two attached hydrogens (primary N) is 1. The Kier molecular flexibility index (Phi) is 4.66. The van der Waals surface area contributed by atoms with Crippen LogP contribution in [0.25, 0.3) is 0 Å². The quantitative estimate of drug-likeness (QED) is 0.637. The molecule has 1 unspecified atom stereocenters. The van der Waals surface area contributed by atoms with Crippen molar-refractivity contribution in [2.75, 3.05) is 0 Å². The number of benzene rings is 1. The molecule has 0 spiro atoms. The number of rotatable bonds is 5. The summed E-state index contributed by atoms with van der Waals surface area (Å²) in [4.78, 5) is 4.35. The van der Waals surface area contributed by atoms with Crippen LogP contribution in [0.4, 0.5) is 0 Å². The van der Waals surface area contributed by atoms with Crippen LogP contribution in [0.15, 0.2) is 42.6 Å². The molecule has 2 aromatic rings. The Bertz CT molecular complexity index is 503. The fourth-order valence-corrected chi connectivity index (χ4v) is 2.43. The Morgan fingerprint density at radius 3 is 2.42 bits per heavy atom. The molecule has 1 atom stereocenters. The van der Waals surface area contributed by atoms with E-state index in [2.05, 4.69) is 42.5 Å². The molecule has 3 N–H and O–H groups in total. The molecule has 1 aromatic carbocycles. The van der Waals surface area contributed by atoms with Crippen molar-refractivity contribution in [3.05, 3.63) is 65.0 Å². The maximum atomic E-state index is 5.67. The van der Waals surface area contributed by atoms with Crippen LogP contribution >= 0.6 is 0 Å². The normalized spacial score (nSPS) is 12.4. The first-order valence-corrected chi connectivity index (χ1v) is 6.60. The molecular formula is C16H21N3. The predicted molar refractivity (Wildman–Crippen MR) is 78.7 cm³/mol. The third-order valence-corrected chi connectivity index (χ3v) is 3.18. The number of pyridine rings is 1. The zero-order valence-electron chi connectivity index (χ0n) is 11.6. The van der Waals surface area contributed by atoms with Gasteiger partial charge in [0.1, 0.15) is 0 Å². The number of hydrogen-bond donors (Lipinski definition) is 2. The maximum absolute atomic E-state index is 5.67. The van der Waals surface area contributed by atoms with Crippen molar-refractivity contribution in [3.8, 4) is 0 Å². The molecule has 100 valence electrons. The SMILES string of the molecule is Cc1cc(C)cc(CC(Cc2ccccn2)NN)c1. The van der Waals surface area contributed by atoms with Crippen LogP contribution in [-0.2, 0) is 12.8 Å². The van der Waals surface area contributed by atoms with Crippen molar-refractivity contribution in [2.45, 2.75) is 32.7 Å². The number of aromatic nitrogens is 1. The van der Waals surface area contributed by atoms with Crippen molar-refractivity contribution in [1.82, 2.24) is 10.4 Å². The van der Waals surface area contributed by atoms with E-state index in [-0.39, 0.29) is 6.04 Å². The Hall–Kier alpha value is -1.71. The van der Waals surface area contributed by atoms with Gasteiger partial charge in [0.2, 0.25) is 0 Å². The van der Waals surface area contributed by atoms with Gasteiger partial charge in [-0.2, -0.15) is 0 Å². The van der Waals surface area contributed by atoms with Crippen molar-refractivity contribution >= 4 is 0 Å². The lowest BCUT2D eigenvalue weighted by molar-refractivity contribution is 0.517. The molecule has 1 heterocycles. The monoisotopic (exact) mass is 255 g/mol. The second-order valence-corrected chi connectivity index (χ2v) is 5.09. The number of hydrazine groups is 1. The van der Waals surface area contributed by atoms with Crippen molar-refractivity contribution in [3.63, 3.8) is 0 Å². The topological polar surface area (TPSA) is 50.9 Å². The van der Waals surface area contributed by atoms with Gasteiger partial charge in [-0.1, -0.05) is 35.4 Å². The molecular weight excluding hydrogens is 234 g/mol. The molecule has 3 heteroatoms. The zero-order valence-corrected chi connectivity index (χ0v) is 11.6. The van der Waals surface area contributed by atoms with Crippen LogP contribution in [0.3, 0.4) is 0 Å². The Morgan fingerprint density at radius 1 is 1.11 bits per heavy atom. The Labute approximate surface area is 114 Å². The van der Waals surface area contributed by atoms with E-state index in [1.54, 1.807) is 0 Å². The maximum Gasteiger partial charge on any atom is 0.0419 e. The lowest BCUT2D eigenvalue weighted by Gasteiger charge is -2.16. The molecule has 0 fully saturated rings. The third-order valence-electron chi connectivity index (χ3n) is 3.18. The highest BCUT2D eigenvalue weighted by molar-refractivity contribution is 5.29. The number of hydrogen-bond acceptors (Lipinski definition) is 3. The van der Waals surface area contributed by atoms with Crippen LogP contribution < -0.4 is 11.3 Å². The van der Waals surface area contributed by atoms with Gasteiger partial charge in [-0.05, 0) is 38.0 Å². The minimum atomic E-state index is 0.205. The minimum absolute atomic E-state index is 0.205. The molecule has 0 aliphatic carbocycles. The first kappa shape index (κ1) is 13.7. The molecule has 0 saturated heterocycles. The molecule has 0 aliphatic heterocycles. The van der Waals surface area contributed by atoms with E-state index < -0.39 is 0 Å². The van der Waals surface area contributed by atoms with E-state index >= 15 is 0 Å². The Balaban J connectivity index is 2.06. The number of nitrogens with zero attached hydrogens (tertiary/aromatic N) is 1. The molecule has 2 rings (SSSR count). The Morgan fingerprint density at radius 2 is 1.84 bits per heavy atom. The van der Waals surface area contributed by atoms with E-state index in [1.165, 1.54) is 16.7 Å². The van der Waals surface area contributed by atoms with Gasteiger partial charge in [0, 0.05) is 24.4 Å². The van der Waals surface area contributed by atoms with E-state index in [0.717, 1.165) is 18.5 Å². The molecule has 3 nitrogen and oxygen atoms in total. The van der Waals surface area contributed by atoms with E-state index in [1.807, 2.05) is 24.4 Å². The molecule has 1 aromatic heterocycles. The van der Waals surface area contributed by atoms with Gasteiger partial charge in [-0.15, -0.1) is 0 Å². The van der Waals surface area contributed by atoms with Crippen molar-refractivity contribution in [1.29, 1.82) is 0 Å². The molecule has 0 bridgehead atoms. The van der Waals surface area contributed by atoms with E-state index in [9.17, 15) is 0 Å². The fraction of sp³-hybridized carbons (Fsp3) is 0.312. The van der Waals surface area contributed by atoms with Gasteiger partial charge in [0.05, 0.1) is 0 Å². The molecule has 19 heavy (non-hydrogen) atoms. The van der Waals surface area contributed by atoms with Crippen molar-refractivity contribution < 1.29 is 0 Å². The average molecular weight is 255 g/mol. The summed E-state index contributed by atoms with van der Waals surface area (Å²) in [5.41, 5.74) is 7.87. The van der Waals surface area contributed by atoms with Crippen LogP contribution in [0.2, 0.25) is 0 Å². The summed E-state index contributed by atoms with van der Waals surface area (Å²) in [5, 5.41) is 0. The summed E-state index contributed by atoms with van der Waals surface area (Å²) < 4.78 is 0. The van der Waals surface area contributed by atoms with E-state index in [0.29, 0.717) is 0 Å². The van der Waals surface area contributed by atoms with Crippen LogP contribution in [0, 0.1) is 13.8 Å². The predicted octanol–water partition coefficient (Wildman–Crippen LogP) is 2.32. The van der Waals surface area contributed by atoms with Crippen LogP contribution in [0.5, 0.6) is 0 Å². The zero-order chi connectivity index (χ0) is 13.7. The molecule has 0 radical (unpaired) electrons. The number of nitrogens with one attached hydrogen (secondary N) is 1. The molecule has 0 amide bonds. The van der Waals surface area contributed by atoms with Crippen molar-refractivity contribution in [2.24, 2.45) is 5.84 Å². The summed E-state index contributed by atoms with van der Waals surface area (Å²) in [7, 11) is 0. The summed E-state index contributed by atoms with van der Waals surface area (Å²) in [6.07, 6.45) is 3.57. The summed E-state index contributed by atoms with van der Waals surface area (Å²) >= 11 is 0. The van der Waals surface area contributed by atoms with Gasteiger partial charge < -0.3 is 0 Å². The van der Waals surface area contributed by atoms with Gasteiger partial charge in [0.25, 0.3) is 0 Å². The lowest BCUT2D eigenvalue weighted by Crippen LogP contribution is -2.38. The third kappa shape index (κ3) is 4.16. The summed E-state index contributed by atoms with van der Waals surface area (Å²) in [6.45, 7) is 4.25.